The van der Waals surface area contributed by atoms with Crippen molar-refractivity contribution in [2.75, 3.05) is 6.54 Å². The van der Waals surface area contributed by atoms with Gasteiger partial charge in [0.1, 0.15) is 0 Å². The number of carbonyl (C=O) groups is 1. The Balaban J connectivity index is 1.42. The van der Waals surface area contributed by atoms with Crippen LogP contribution in [0.3, 0.4) is 0 Å². The lowest BCUT2D eigenvalue weighted by molar-refractivity contribution is -0.121. The highest BCUT2D eigenvalue weighted by molar-refractivity contribution is 5.78. The summed E-state index contributed by atoms with van der Waals surface area (Å²) >= 11 is 0. The number of carbonyl (C=O) groups excluding carboxylic acids is 1. The second-order valence-electron chi connectivity index (χ2n) is 4.94. The first-order valence-electron chi connectivity index (χ1n) is 5.99. The van der Waals surface area contributed by atoms with Gasteiger partial charge in [-0.2, -0.15) is 0 Å². The largest absolute Gasteiger partial charge is 0.373 e. The zero-order valence-corrected chi connectivity index (χ0v) is 8.87. The van der Waals surface area contributed by atoms with Gasteiger partial charge in [0, 0.05) is 6.04 Å². The van der Waals surface area contributed by atoms with Crippen LogP contribution in [-0.2, 0) is 9.53 Å². The van der Waals surface area contributed by atoms with Crippen molar-refractivity contribution in [2.24, 2.45) is 0 Å². The van der Waals surface area contributed by atoms with Crippen LogP contribution in [0.25, 0.3) is 0 Å². The molecule has 3 aliphatic rings. The number of nitrogens with one attached hydrogen (secondary N) is 2. The summed E-state index contributed by atoms with van der Waals surface area (Å²) in [6, 6.07) is 0.879. The summed E-state index contributed by atoms with van der Waals surface area (Å²) in [7, 11) is 0. The summed E-state index contributed by atoms with van der Waals surface area (Å²) in [6.45, 7) is 0.471. The highest BCUT2D eigenvalue weighted by Crippen LogP contribution is 2.34. The molecule has 84 valence electrons. The molecule has 0 aromatic heterocycles. The van der Waals surface area contributed by atoms with E-state index in [1.54, 1.807) is 0 Å². The molecule has 3 atom stereocenters. The molecular weight excluding hydrogens is 192 g/mol. The lowest BCUT2D eigenvalue weighted by atomic mass is 9.95. The second-order valence-corrected chi connectivity index (χ2v) is 4.94. The fraction of sp³-hybridized carbons (Fsp3) is 0.909. The van der Waals surface area contributed by atoms with E-state index in [0.29, 0.717) is 24.8 Å². The van der Waals surface area contributed by atoms with Crippen molar-refractivity contribution in [1.29, 1.82) is 0 Å². The molecule has 15 heavy (non-hydrogen) atoms. The Hall–Kier alpha value is -0.610. The number of fused-ring (bicyclic) bond motifs is 2. The Morgan fingerprint density at radius 3 is 2.73 bits per heavy atom. The summed E-state index contributed by atoms with van der Waals surface area (Å²) in [5.74, 6) is 0.128. The van der Waals surface area contributed by atoms with E-state index < -0.39 is 0 Å². The molecule has 4 nitrogen and oxygen atoms in total. The number of amides is 1. The summed E-state index contributed by atoms with van der Waals surface area (Å²) in [6.07, 6.45) is 6.47. The predicted molar refractivity (Wildman–Crippen MR) is 55.5 cm³/mol. The smallest absolute Gasteiger partial charge is 0.234 e. The first-order valence-corrected chi connectivity index (χ1v) is 5.99. The third kappa shape index (κ3) is 2.16. The first kappa shape index (κ1) is 9.60. The van der Waals surface area contributed by atoms with Crippen LogP contribution in [-0.4, -0.2) is 36.7 Å². The topological polar surface area (TPSA) is 50.4 Å². The van der Waals surface area contributed by atoms with Gasteiger partial charge in [-0.05, 0) is 32.1 Å². The third-order valence-corrected chi connectivity index (χ3v) is 3.58. The van der Waals surface area contributed by atoms with Crippen LogP contribution in [0.5, 0.6) is 0 Å². The molecule has 3 unspecified atom stereocenters. The molecule has 1 saturated carbocycles. The molecule has 1 aliphatic carbocycles. The van der Waals surface area contributed by atoms with Crippen LogP contribution in [0.15, 0.2) is 0 Å². The zero-order valence-electron chi connectivity index (χ0n) is 8.87. The second kappa shape index (κ2) is 3.76. The average Bonchev–Trinajstić information content (AvgIpc) is 2.84. The van der Waals surface area contributed by atoms with E-state index in [2.05, 4.69) is 10.6 Å². The van der Waals surface area contributed by atoms with E-state index in [-0.39, 0.29) is 11.9 Å². The van der Waals surface area contributed by atoms with Gasteiger partial charge in [-0.25, -0.2) is 0 Å². The van der Waals surface area contributed by atoms with E-state index >= 15 is 0 Å². The minimum atomic E-state index is 0.128. The predicted octanol–water partition coefficient (Wildman–Crippen LogP) is 0.175. The van der Waals surface area contributed by atoms with Crippen molar-refractivity contribution in [3.63, 3.8) is 0 Å². The fourth-order valence-electron chi connectivity index (χ4n) is 2.57. The molecule has 0 spiro atoms. The standard InChI is InChI=1S/C11H18N2O2/c14-11(6-12-7-1-2-7)13-9-5-8-3-4-10(9)15-8/h7-10,12H,1-6H2,(H,13,14). The average molecular weight is 210 g/mol. The molecule has 2 saturated heterocycles. The molecule has 2 heterocycles. The number of hydrogen-bond donors (Lipinski definition) is 2. The molecule has 3 rings (SSSR count). The zero-order chi connectivity index (χ0) is 10.3. The maximum atomic E-state index is 11.6. The van der Waals surface area contributed by atoms with Gasteiger partial charge in [0.25, 0.3) is 0 Å². The van der Waals surface area contributed by atoms with Gasteiger partial charge >= 0.3 is 0 Å². The van der Waals surface area contributed by atoms with E-state index in [1.807, 2.05) is 0 Å². The molecule has 2 aliphatic heterocycles. The SMILES string of the molecule is O=C(CNC1CC1)NC1CC2CCC1O2. The summed E-state index contributed by atoms with van der Waals surface area (Å²) < 4.78 is 5.69. The highest BCUT2D eigenvalue weighted by atomic mass is 16.5. The first-order chi connectivity index (χ1) is 7.31. The van der Waals surface area contributed by atoms with Crippen LogP contribution < -0.4 is 10.6 Å². The minimum absolute atomic E-state index is 0.128. The number of ether oxygens (including phenoxy) is 1. The Bertz CT molecular complexity index is 265. The van der Waals surface area contributed by atoms with E-state index in [9.17, 15) is 4.79 Å². The quantitative estimate of drug-likeness (QED) is 0.695. The Morgan fingerprint density at radius 1 is 1.27 bits per heavy atom. The van der Waals surface area contributed by atoms with Gasteiger partial charge in [-0.1, -0.05) is 0 Å². The molecule has 0 aromatic carbocycles. The lowest BCUT2D eigenvalue weighted by Gasteiger charge is -2.20. The van der Waals surface area contributed by atoms with Crippen molar-refractivity contribution >= 4 is 5.91 Å². The molecule has 1 amide bonds. The van der Waals surface area contributed by atoms with Gasteiger partial charge in [0.15, 0.2) is 0 Å². The third-order valence-electron chi connectivity index (χ3n) is 3.58. The summed E-state index contributed by atoms with van der Waals surface area (Å²) in [4.78, 5) is 11.6. The van der Waals surface area contributed by atoms with E-state index in [1.165, 1.54) is 19.3 Å². The molecule has 2 N–H and O–H groups in total. The van der Waals surface area contributed by atoms with Crippen molar-refractivity contribution in [2.45, 2.75) is 56.4 Å². The molecule has 2 bridgehead atoms. The monoisotopic (exact) mass is 210 g/mol. The molecular formula is C11H18N2O2. The Morgan fingerprint density at radius 2 is 2.13 bits per heavy atom. The molecule has 3 fully saturated rings. The van der Waals surface area contributed by atoms with Crippen LogP contribution in [0.4, 0.5) is 0 Å². The van der Waals surface area contributed by atoms with Gasteiger partial charge in [-0.15, -0.1) is 0 Å². The highest BCUT2D eigenvalue weighted by Gasteiger charge is 2.41. The van der Waals surface area contributed by atoms with Crippen molar-refractivity contribution in [3.05, 3.63) is 0 Å². The van der Waals surface area contributed by atoms with Crippen LogP contribution in [0.1, 0.15) is 32.1 Å². The van der Waals surface area contributed by atoms with Crippen LogP contribution in [0, 0.1) is 0 Å². The van der Waals surface area contributed by atoms with Crippen LogP contribution in [0.2, 0.25) is 0 Å². The maximum absolute atomic E-state index is 11.6. The number of hydrogen-bond acceptors (Lipinski definition) is 3. The van der Waals surface area contributed by atoms with Gasteiger partial charge in [0.05, 0.1) is 24.8 Å². The Labute approximate surface area is 89.7 Å². The molecule has 4 heteroatoms. The lowest BCUT2D eigenvalue weighted by Crippen LogP contribution is -2.45. The van der Waals surface area contributed by atoms with Gasteiger partial charge in [-0.3, -0.25) is 4.79 Å². The number of rotatable bonds is 4. The van der Waals surface area contributed by atoms with E-state index in [0.717, 1.165) is 12.8 Å². The van der Waals surface area contributed by atoms with Crippen molar-refractivity contribution in [3.8, 4) is 0 Å². The van der Waals surface area contributed by atoms with Crippen molar-refractivity contribution < 1.29 is 9.53 Å². The van der Waals surface area contributed by atoms with Crippen LogP contribution >= 0.6 is 0 Å². The van der Waals surface area contributed by atoms with Crippen molar-refractivity contribution in [1.82, 2.24) is 10.6 Å². The summed E-state index contributed by atoms with van der Waals surface area (Å²) in [5, 5.41) is 6.29. The summed E-state index contributed by atoms with van der Waals surface area (Å²) in [5.41, 5.74) is 0. The maximum Gasteiger partial charge on any atom is 0.234 e. The molecule has 0 aromatic rings. The van der Waals surface area contributed by atoms with Gasteiger partial charge in [0.2, 0.25) is 5.91 Å². The fourth-order valence-corrected chi connectivity index (χ4v) is 2.57. The van der Waals surface area contributed by atoms with Gasteiger partial charge < -0.3 is 15.4 Å². The van der Waals surface area contributed by atoms with E-state index in [4.69, 9.17) is 4.74 Å². The Kier molecular flexibility index (Phi) is 2.41. The normalized spacial score (nSPS) is 38.3. The minimum Gasteiger partial charge on any atom is -0.373 e. The molecule has 0 radical (unpaired) electrons.